The Bertz CT molecular complexity index is 3860. The molecule has 0 aliphatic carbocycles. The van der Waals surface area contributed by atoms with Crippen molar-refractivity contribution in [1.29, 1.82) is 5.26 Å². The first-order valence-electron chi connectivity index (χ1n) is 23.8. The molecule has 7 heteroatoms. The van der Waals surface area contributed by atoms with E-state index in [2.05, 4.69) is 191 Å². The van der Waals surface area contributed by atoms with E-state index in [-0.39, 0.29) is 0 Å². The van der Waals surface area contributed by atoms with Gasteiger partial charge in [0.25, 0.3) is 0 Å². The van der Waals surface area contributed by atoms with Crippen LogP contribution in [0.2, 0.25) is 0 Å². The molecule has 0 amide bonds. The van der Waals surface area contributed by atoms with E-state index in [1.165, 1.54) is 20.7 Å². The maximum Gasteiger partial charge on any atom is 0.189 e. The summed E-state index contributed by atoms with van der Waals surface area (Å²) in [7, 11) is -2.91. The molecule has 12 aromatic rings. The highest BCUT2D eigenvalue weighted by Gasteiger charge is 2.41. The van der Waals surface area contributed by atoms with Gasteiger partial charge in [-0.05, 0) is 85.5 Å². The zero-order valence-electron chi connectivity index (χ0n) is 38.9. The van der Waals surface area contributed by atoms with E-state index in [4.69, 9.17) is 21.5 Å². The Kier molecular flexibility index (Phi) is 11.2. The van der Waals surface area contributed by atoms with Gasteiger partial charge in [0.15, 0.2) is 31.2 Å². The van der Waals surface area contributed by atoms with Gasteiger partial charge in [-0.3, -0.25) is 0 Å². The second kappa shape index (κ2) is 18.6. The molecule has 72 heavy (non-hydrogen) atoms. The van der Waals surface area contributed by atoms with E-state index < -0.39 is 8.07 Å². The largest absolute Gasteiger partial charge is 0.309 e. The summed E-state index contributed by atoms with van der Waals surface area (Å²) in [5.41, 5.74) is 10.2. The molecule has 0 unspecified atom stereocenters. The van der Waals surface area contributed by atoms with Gasteiger partial charge < -0.3 is 4.57 Å². The minimum Gasteiger partial charge on any atom is -0.309 e. The van der Waals surface area contributed by atoms with Gasteiger partial charge in [-0.2, -0.15) is 5.26 Å². The Hall–Kier alpha value is -9.79. The number of hydrogen-bond donors (Lipinski definition) is 0. The van der Waals surface area contributed by atoms with E-state index in [1.807, 2.05) is 72.8 Å². The number of benzene rings is 10. The van der Waals surface area contributed by atoms with Gasteiger partial charge in [0.2, 0.25) is 0 Å². The lowest BCUT2D eigenvalue weighted by atomic mass is 9.98. The summed E-state index contributed by atoms with van der Waals surface area (Å²) in [6.45, 7) is 7.78. The smallest absolute Gasteiger partial charge is 0.189 e. The van der Waals surface area contributed by atoms with Crippen LogP contribution in [-0.2, 0) is 0 Å². The van der Waals surface area contributed by atoms with E-state index in [9.17, 15) is 5.26 Å². The van der Waals surface area contributed by atoms with Crippen LogP contribution in [0.3, 0.4) is 0 Å². The van der Waals surface area contributed by atoms with Crippen molar-refractivity contribution < 1.29 is 0 Å². The Labute approximate surface area is 418 Å². The fraction of sp³-hybridized carbons (Fsp3) is 0. The molecule has 10 aromatic carbocycles. The Morgan fingerprint density at radius 3 is 1.51 bits per heavy atom. The van der Waals surface area contributed by atoms with E-state index in [0.717, 1.165) is 66.4 Å². The molecule has 0 aliphatic heterocycles. The molecular formula is C65H42N6Si. The Balaban J connectivity index is 1.14. The molecule has 0 aliphatic rings. The predicted molar refractivity (Wildman–Crippen MR) is 296 cm³/mol. The van der Waals surface area contributed by atoms with Crippen molar-refractivity contribution >= 4 is 56.3 Å². The molecule has 0 spiro atoms. The average molecular weight is 935 g/mol. The molecule has 0 radical (unpaired) electrons. The lowest BCUT2D eigenvalue weighted by Crippen LogP contribution is -2.74. The molecule has 336 valence electrons. The summed E-state index contributed by atoms with van der Waals surface area (Å²) in [6, 6.07) is 91.4. The maximum absolute atomic E-state index is 9.92. The van der Waals surface area contributed by atoms with Crippen LogP contribution in [-0.4, -0.2) is 27.6 Å². The van der Waals surface area contributed by atoms with Gasteiger partial charge in [0, 0.05) is 38.7 Å². The Morgan fingerprint density at radius 2 is 0.917 bits per heavy atom. The predicted octanol–water partition coefficient (Wildman–Crippen LogP) is 13.1. The van der Waals surface area contributed by atoms with Gasteiger partial charge in [-0.1, -0.05) is 212 Å². The molecule has 2 aromatic heterocycles. The van der Waals surface area contributed by atoms with Crippen molar-refractivity contribution in [3.63, 3.8) is 0 Å². The van der Waals surface area contributed by atoms with Gasteiger partial charge in [0.1, 0.15) is 0 Å². The molecule has 0 bridgehead atoms. The third kappa shape index (κ3) is 7.73. The van der Waals surface area contributed by atoms with Crippen LogP contribution >= 0.6 is 0 Å². The van der Waals surface area contributed by atoms with Crippen LogP contribution in [0.5, 0.6) is 0 Å². The lowest BCUT2D eigenvalue weighted by molar-refractivity contribution is 1.07. The normalized spacial score (nSPS) is 11.3. The molecule has 12 rings (SSSR count). The van der Waals surface area contributed by atoms with E-state index in [1.54, 1.807) is 6.07 Å². The summed E-state index contributed by atoms with van der Waals surface area (Å²) < 4.78 is 2.30. The highest BCUT2D eigenvalue weighted by Crippen LogP contribution is 2.39. The first-order chi connectivity index (χ1) is 35.6. The van der Waals surface area contributed by atoms with Crippen LogP contribution in [0.4, 0.5) is 5.69 Å². The van der Waals surface area contributed by atoms with Crippen molar-refractivity contribution in [3.8, 4) is 68.2 Å². The Morgan fingerprint density at radius 1 is 0.389 bits per heavy atom. The van der Waals surface area contributed by atoms with Crippen molar-refractivity contribution in [2.24, 2.45) is 0 Å². The average Bonchev–Trinajstić information content (AvgIpc) is 3.80. The SMILES string of the molecule is [C-]#[N+]c1cc(C#N)cc(-c2ccc3c4ccccc4n(-c4ccc(-c5cccc([Si](c6ccccc6)(c6ccccc6)c6ccccc6)c5)c(-c5nc(-c6ccccc6)nc(-c6ccccc6)n5)c4)c3c2)c1. The second-order valence-electron chi connectivity index (χ2n) is 17.8. The monoisotopic (exact) mass is 934 g/mol. The molecule has 0 fully saturated rings. The van der Waals surface area contributed by atoms with Gasteiger partial charge in [-0.25, -0.2) is 19.8 Å². The quantitative estimate of drug-likeness (QED) is 0.0778. The van der Waals surface area contributed by atoms with Crippen LogP contribution in [0.15, 0.2) is 255 Å². The lowest BCUT2D eigenvalue weighted by Gasteiger charge is -2.34. The van der Waals surface area contributed by atoms with Crippen LogP contribution in [0, 0.1) is 17.9 Å². The van der Waals surface area contributed by atoms with Crippen molar-refractivity contribution in [2.75, 3.05) is 0 Å². The van der Waals surface area contributed by atoms with Crippen molar-refractivity contribution in [3.05, 3.63) is 272 Å². The standard InChI is InChI=1S/C65H42N6Si/c1-67-51-39-45(44-66)38-50(40-51)48-34-36-59-58-32-17-18-33-61(58)71(62(59)42-48)52-35-37-57(60(43-52)65-69-63(46-20-7-2-8-21-46)68-64(70-65)47-22-9-3-10-23-47)49-24-19-31-56(41-49)72(53-25-11-4-12-26-53,54-27-13-5-14-28-54)55-29-15-6-16-30-55/h2-43H. The van der Waals surface area contributed by atoms with Crippen LogP contribution < -0.4 is 20.7 Å². The summed E-state index contributed by atoms with van der Waals surface area (Å²) in [5, 5.41) is 17.2. The van der Waals surface area contributed by atoms with Crippen LogP contribution in [0.25, 0.3) is 88.8 Å². The molecule has 0 saturated carbocycles. The number of nitrogens with zero attached hydrogens (tertiary/aromatic N) is 6. The molecular weight excluding hydrogens is 893 g/mol. The third-order valence-electron chi connectivity index (χ3n) is 13.6. The number of aromatic nitrogens is 4. The zero-order valence-corrected chi connectivity index (χ0v) is 39.9. The fourth-order valence-electron chi connectivity index (χ4n) is 10.4. The minimum absolute atomic E-state index is 0.423. The number of para-hydroxylation sites is 1. The number of hydrogen-bond acceptors (Lipinski definition) is 4. The minimum atomic E-state index is -2.91. The zero-order chi connectivity index (χ0) is 48.4. The third-order valence-corrected chi connectivity index (χ3v) is 18.4. The summed E-state index contributed by atoms with van der Waals surface area (Å²) in [4.78, 5) is 19.5. The molecule has 6 nitrogen and oxygen atoms in total. The highest BCUT2D eigenvalue weighted by molar-refractivity contribution is 7.19. The van der Waals surface area contributed by atoms with Gasteiger partial charge in [0.05, 0.1) is 23.7 Å². The fourth-order valence-corrected chi connectivity index (χ4v) is 15.2. The number of fused-ring (bicyclic) bond motifs is 3. The molecule has 0 saturated heterocycles. The topological polar surface area (TPSA) is 71.8 Å². The molecule has 0 atom stereocenters. The van der Waals surface area contributed by atoms with Gasteiger partial charge in [-0.15, -0.1) is 0 Å². The summed E-state index contributed by atoms with van der Waals surface area (Å²) >= 11 is 0. The van der Waals surface area contributed by atoms with E-state index in [0.29, 0.717) is 28.7 Å². The van der Waals surface area contributed by atoms with Gasteiger partial charge >= 0.3 is 0 Å². The summed E-state index contributed by atoms with van der Waals surface area (Å²) in [5.74, 6) is 1.70. The highest BCUT2D eigenvalue weighted by atomic mass is 28.3. The first kappa shape index (κ1) is 43.5. The summed E-state index contributed by atoms with van der Waals surface area (Å²) in [6.07, 6.45) is 0. The van der Waals surface area contributed by atoms with Crippen molar-refractivity contribution in [2.45, 2.75) is 0 Å². The molecule has 0 N–H and O–H groups in total. The van der Waals surface area contributed by atoms with Crippen LogP contribution in [0.1, 0.15) is 5.56 Å². The number of nitriles is 1. The molecule has 2 heterocycles. The first-order valence-corrected chi connectivity index (χ1v) is 25.8. The number of rotatable bonds is 10. The maximum atomic E-state index is 9.92. The van der Waals surface area contributed by atoms with E-state index >= 15 is 0 Å². The van der Waals surface area contributed by atoms with Crippen molar-refractivity contribution in [1.82, 2.24) is 19.5 Å². The second-order valence-corrected chi connectivity index (χ2v) is 21.6.